The number of thiocarbonyl (C=S) groups is 1. The molecule has 1 unspecified atom stereocenters. The van der Waals surface area contributed by atoms with Crippen LogP contribution in [0.3, 0.4) is 0 Å². The van der Waals surface area contributed by atoms with E-state index in [0.29, 0.717) is 11.1 Å². The van der Waals surface area contributed by atoms with E-state index in [0.717, 1.165) is 57.0 Å². The van der Waals surface area contributed by atoms with Crippen LogP contribution in [0.1, 0.15) is 25.3 Å². The second-order valence-corrected chi connectivity index (χ2v) is 5.87. The van der Waals surface area contributed by atoms with Crippen LogP contribution >= 0.6 is 12.2 Å². The monoisotopic (exact) mass is 308 g/mol. The lowest BCUT2D eigenvalue weighted by Crippen LogP contribution is -2.31. The van der Waals surface area contributed by atoms with Crippen LogP contribution in [-0.2, 0) is 4.74 Å². The summed E-state index contributed by atoms with van der Waals surface area (Å²) in [5, 5.41) is 0. The molecule has 4 nitrogen and oxygen atoms in total. The maximum atomic E-state index is 5.75. The first-order valence-corrected chi connectivity index (χ1v) is 7.92. The SMILES string of the molecule is CC1CN(CCCOc2ccc(C(N)=S)cc2)CCCO1. The number of rotatable bonds is 6. The Morgan fingerprint density at radius 3 is 2.90 bits per heavy atom. The first-order chi connectivity index (χ1) is 10.1. The third kappa shape index (κ3) is 5.61. The molecule has 116 valence electrons. The average molecular weight is 308 g/mol. The van der Waals surface area contributed by atoms with Crippen LogP contribution in [-0.4, -0.2) is 48.8 Å². The van der Waals surface area contributed by atoms with E-state index in [1.165, 1.54) is 0 Å². The topological polar surface area (TPSA) is 47.7 Å². The van der Waals surface area contributed by atoms with Gasteiger partial charge in [-0.15, -0.1) is 0 Å². The van der Waals surface area contributed by atoms with Gasteiger partial charge in [0, 0.05) is 31.8 Å². The fourth-order valence-corrected chi connectivity index (χ4v) is 2.61. The molecule has 0 spiro atoms. The molecule has 1 atom stereocenters. The molecule has 1 heterocycles. The van der Waals surface area contributed by atoms with Crippen molar-refractivity contribution in [2.24, 2.45) is 5.73 Å². The van der Waals surface area contributed by atoms with E-state index in [1.807, 2.05) is 24.3 Å². The van der Waals surface area contributed by atoms with Crippen LogP contribution in [0.4, 0.5) is 0 Å². The normalized spacial score (nSPS) is 20.0. The van der Waals surface area contributed by atoms with E-state index in [2.05, 4.69) is 11.8 Å². The van der Waals surface area contributed by atoms with Crippen molar-refractivity contribution in [2.45, 2.75) is 25.9 Å². The summed E-state index contributed by atoms with van der Waals surface area (Å²) in [5.74, 6) is 0.863. The Hall–Kier alpha value is -1.17. The molecule has 0 saturated carbocycles. The lowest BCUT2D eigenvalue weighted by atomic mass is 10.2. The average Bonchev–Trinajstić information content (AvgIpc) is 2.68. The van der Waals surface area contributed by atoms with Gasteiger partial charge in [0.25, 0.3) is 0 Å². The molecule has 0 aliphatic carbocycles. The minimum atomic E-state index is 0.334. The van der Waals surface area contributed by atoms with Crippen LogP contribution < -0.4 is 10.5 Å². The van der Waals surface area contributed by atoms with Gasteiger partial charge in [0.05, 0.1) is 12.7 Å². The Balaban J connectivity index is 1.68. The van der Waals surface area contributed by atoms with Gasteiger partial charge in [-0.1, -0.05) is 12.2 Å². The van der Waals surface area contributed by atoms with E-state index in [4.69, 9.17) is 27.4 Å². The largest absolute Gasteiger partial charge is 0.494 e. The fourth-order valence-electron chi connectivity index (χ4n) is 2.48. The minimum Gasteiger partial charge on any atom is -0.494 e. The molecule has 1 aliphatic heterocycles. The molecular weight excluding hydrogens is 284 g/mol. The van der Waals surface area contributed by atoms with Crippen molar-refractivity contribution in [3.05, 3.63) is 29.8 Å². The predicted molar refractivity (Wildman–Crippen MR) is 88.9 cm³/mol. The van der Waals surface area contributed by atoms with Gasteiger partial charge in [-0.25, -0.2) is 0 Å². The third-order valence-corrected chi connectivity index (χ3v) is 3.80. The summed E-state index contributed by atoms with van der Waals surface area (Å²) in [6, 6.07) is 7.61. The van der Waals surface area contributed by atoms with Gasteiger partial charge in [0.15, 0.2) is 0 Å². The fraction of sp³-hybridized carbons (Fsp3) is 0.562. The summed E-state index contributed by atoms with van der Waals surface area (Å²) in [4.78, 5) is 2.87. The highest BCUT2D eigenvalue weighted by atomic mass is 32.1. The number of hydrogen-bond donors (Lipinski definition) is 1. The second-order valence-electron chi connectivity index (χ2n) is 5.43. The Bertz CT molecular complexity index is 450. The number of hydrogen-bond acceptors (Lipinski definition) is 4. The first-order valence-electron chi connectivity index (χ1n) is 7.52. The highest BCUT2D eigenvalue weighted by molar-refractivity contribution is 7.80. The second kappa shape index (κ2) is 8.32. The van der Waals surface area contributed by atoms with Crippen molar-refractivity contribution in [3.63, 3.8) is 0 Å². The standard InChI is InChI=1S/C16H24N2O2S/c1-13-12-18(8-2-10-19-13)9-3-11-20-15-6-4-14(5-7-15)16(17)21/h4-7,13H,2-3,8-12H2,1H3,(H2,17,21). The third-order valence-electron chi connectivity index (χ3n) is 3.56. The Morgan fingerprint density at radius 2 is 2.19 bits per heavy atom. The van der Waals surface area contributed by atoms with Gasteiger partial charge < -0.3 is 20.1 Å². The van der Waals surface area contributed by atoms with Crippen molar-refractivity contribution in [1.82, 2.24) is 4.90 Å². The maximum absolute atomic E-state index is 5.75. The van der Waals surface area contributed by atoms with Crippen LogP contribution in [0.25, 0.3) is 0 Å². The lowest BCUT2D eigenvalue weighted by Gasteiger charge is -2.21. The lowest BCUT2D eigenvalue weighted by molar-refractivity contribution is 0.0670. The predicted octanol–water partition coefficient (Wildman–Crippen LogP) is 2.20. The van der Waals surface area contributed by atoms with Crippen LogP contribution in [0, 0.1) is 0 Å². The van der Waals surface area contributed by atoms with Gasteiger partial charge in [0.1, 0.15) is 10.7 Å². The summed E-state index contributed by atoms with van der Waals surface area (Å²) in [6.45, 7) is 6.92. The molecule has 1 fully saturated rings. The molecule has 0 radical (unpaired) electrons. The zero-order valence-electron chi connectivity index (χ0n) is 12.6. The highest BCUT2D eigenvalue weighted by Gasteiger charge is 2.14. The number of benzene rings is 1. The first kappa shape index (κ1) is 16.2. The van der Waals surface area contributed by atoms with Crippen molar-refractivity contribution in [2.75, 3.05) is 32.8 Å². The number of nitrogens with two attached hydrogens (primary N) is 1. The summed E-state index contributed by atoms with van der Waals surface area (Å²) >= 11 is 4.93. The van der Waals surface area contributed by atoms with Crippen LogP contribution in [0.5, 0.6) is 5.75 Å². The summed E-state index contributed by atoms with van der Waals surface area (Å²) in [5.41, 5.74) is 6.44. The Kier molecular flexibility index (Phi) is 6.42. The molecule has 5 heteroatoms. The molecule has 0 amide bonds. The van der Waals surface area contributed by atoms with Crippen molar-refractivity contribution in [3.8, 4) is 5.75 Å². The van der Waals surface area contributed by atoms with Gasteiger partial charge in [-0.2, -0.15) is 0 Å². The zero-order chi connectivity index (χ0) is 15.1. The Labute approximate surface area is 132 Å². The van der Waals surface area contributed by atoms with Crippen molar-refractivity contribution in [1.29, 1.82) is 0 Å². The van der Waals surface area contributed by atoms with E-state index in [9.17, 15) is 0 Å². The minimum absolute atomic E-state index is 0.334. The zero-order valence-corrected chi connectivity index (χ0v) is 13.4. The van der Waals surface area contributed by atoms with E-state index in [1.54, 1.807) is 0 Å². The molecule has 1 aromatic carbocycles. The smallest absolute Gasteiger partial charge is 0.119 e. The molecule has 2 N–H and O–H groups in total. The maximum Gasteiger partial charge on any atom is 0.119 e. The molecule has 1 aliphatic rings. The van der Waals surface area contributed by atoms with Gasteiger partial charge in [0.2, 0.25) is 0 Å². The molecular formula is C16H24N2O2S. The van der Waals surface area contributed by atoms with E-state index >= 15 is 0 Å². The molecule has 1 aromatic rings. The van der Waals surface area contributed by atoms with E-state index < -0.39 is 0 Å². The Morgan fingerprint density at radius 1 is 1.43 bits per heavy atom. The summed E-state index contributed by atoms with van der Waals surface area (Å²) in [6.07, 6.45) is 2.47. The molecule has 1 saturated heterocycles. The molecule has 0 aromatic heterocycles. The van der Waals surface area contributed by atoms with Crippen LogP contribution in [0.2, 0.25) is 0 Å². The summed E-state index contributed by atoms with van der Waals surface area (Å²) < 4.78 is 11.4. The van der Waals surface area contributed by atoms with Gasteiger partial charge in [-0.05, 0) is 44.0 Å². The van der Waals surface area contributed by atoms with Crippen molar-refractivity contribution < 1.29 is 9.47 Å². The highest BCUT2D eigenvalue weighted by Crippen LogP contribution is 2.13. The van der Waals surface area contributed by atoms with Gasteiger partial charge in [-0.3, -0.25) is 0 Å². The van der Waals surface area contributed by atoms with E-state index in [-0.39, 0.29) is 0 Å². The molecule has 21 heavy (non-hydrogen) atoms. The van der Waals surface area contributed by atoms with Crippen molar-refractivity contribution >= 4 is 17.2 Å². The quantitative estimate of drug-likeness (QED) is 0.645. The summed E-state index contributed by atoms with van der Waals surface area (Å²) in [7, 11) is 0. The van der Waals surface area contributed by atoms with Crippen LogP contribution in [0.15, 0.2) is 24.3 Å². The molecule has 2 rings (SSSR count). The number of ether oxygens (including phenoxy) is 2. The number of nitrogens with zero attached hydrogens (tertiary/aromatic N) is 1. The van der Waals surface area contributed by atoms with Gasteiger partial charge >= 0.3 is 0 Å². The molecule has 0 bridgehead atoms.